The molecule has 31 heavy (non-hydrogen) atoms. The largest absolute Gasteiger partial charge is 0.393 e. The quantitative estimate of drug-likeness (QED) is 0.592. The average Bonchev–Trinajstić information content (AvgIpc) is 3.12. The van der Waals surface area contributed by atoms with Crippen molar-refractivity contribution in [2.24, 2.45) is 59.2 Å². The van der Waals surface area contributed by atoms with E-state index in [0.717, 1.165) is 19.3 Å². The Labute approximate surface area is 186 Å². The van der Waals surface area contributed by atoms with Gasteiger partial charge in [0.2, 0.25) is 0 Å². The van der Waals surface area contributed by atoms with Crippen molar-refractivity contribution >= 4 is 11.6 Å². The molecule has 5 heteroatoms. The van der Waals surface area contributed by atoms with Gasteiger partial charge in [0.05, 0.1) is 6.10 Å². The van der Waals surface area contributed by atoms with Gasteiger partial charge >= 0.3 is 0 Å². The molecule has 3 nitrogen and oxygen atoms in total. The van der Waals surface area contributed by atoms with E-state index < -0.39 is 11.8 Å². The zero-order valence-electron chi connectivity index (χ0n) is 20.1. The van der Waals surface area contributed by atoms with Crippen molar-refractivity contribution in [3.8, 4) is 0 Å². The predicted octanol–water partition coefficient (Wildman–Crippen LogP) is 5.78. The third kappa shape index (κ3) is 4.37. The van der Waals surface area contributed by atoms with Crippen LogP contribution in [0.15, 0.2) is 0 Å². The van der Waals surface area contributed by atoms with Gasteiger partial charge in [-0.05, 0) is 47.8 Å². The molecule has 4 saturated carbocycles. The molecule has 1 N–H and O–H groups in total. The number of ketones is 2. The van der Waals surface area contributed by atoms with E-state index >= 15 is 0 Å². The second-order valence-electron chi connectivity index (χ2n) is 11.2. The molecule has 4 rings (SSSR count). The summed E-state index contributed by atoms with van der Waals surface area (Å²) >= 11 is 0. The Bertz CT molecular complexity index is 678. The van der Waals surface area contributed by atoms with Crippen LogP contribution in [0.4, 0.5) is 8.78 Å². The average molecular weight is 441 g/mol. The number of Topliss-reactive ketones (excluding diaryl/α,β-unsaturated/α-hetero) is 2. The standard InChI is InChI=1S/C13H20F2O.C13H22O2/c1-4-9-8(3)13(14,15)6-10-11(16)5-7(2)12(9)10;1-4-9-8(3)11(14)6-10-12(15)5-7(2)13(9)10/h7-10,12H,4-6H2,1-3H3;7-11,13-14H,4-6H2,1-3H3/t7-,8-,9-,10-,12-;7-,8-,9-,10-,11?,13-/m00/s1. The molecule has 4 fully saturated rings. The highest BCUT2D eigenvalue weighted by Gasteiger charge is 2.57. The first-order valence-electron chi connectivity index (χ1n) is 12.6. The molecule has 0 radical (unpaired) electrons. The van der Waals surface area contributed by atoms with E-state index in [4.69, 9.17) is 0 Å². The molecule has 4 aliphatic rings. The number of aliphatic hydroxyl groups excluding tert-OH is 1. The third-order valence-corrected chi connectivity index (χ3v) is 9.63. The Kier molecular flexibility index (Phi) is 7.35. The molecule has 0 amide bonds. The summed E-state index contributed by atoms with van der Waals surface area (Å²) in [7, 11) is 0. The minimum Gasteiger partial charge on any atom is -0.393 e. The number of carbonyl (C=O) groups is 2. The summed E-state index contributed by atoms with van der Waals surface area (Å²) in [5.74, 6) is -0.480. The molecule has 1 unspecified atom stereocenters. The maximum absolute atomic E-state index is 13.8. The van der Waals surface area contributed by atoms with Crippen LogP contribution < -0.4 is 0 Å². The first-order valence-corrected chi connectivity index (χ1v) is 12.6. The van der Waals surface area contributed by atoms with E-state index in [1.54, 1.807) is 6.92 Å². The number of hydrogen-bond acceptors (Lipinski definition) is 3. The van der Waals surface area contributed by atoms with Gasteiger partial charge in [0, 0.05) is 37.0 Å². The molecule has 0 bridgehead atoms. The van der Waals surface area contributed by atoms with Crippen LogP contribution >= 0.6 is 0 Å². The Morgan fingerprint density at radius 3 is 1.87 bits per heavy atom. The second kappa shape index (κ2) is 9.19. The topological polar surface area (TPSA) is 54.4 Å². The number of alkyl halides is 2. The monoisotopic (exact) mass is 440 g/mol. The van der Waals surface area contributed by atoms with Gasteiger partial charge in [-0.2, -0.15) is 0 Å². The maximum Gasteiger partial charge on any atom is 0.251 e. The van der Waals surface area contributed by atoms with Crippen LogP contribution in [0.5, 0.6) is 0 Å². The van der Waals surface area contributed by atoms with Crippen LogP contribution in [0, 0.1) is 59.2 Å². The van der Waals surface area contributed by atoms with Crippen molar-refractivity contribution in [1.82, 2.24) is 0 Å². The molecule has 0 aromatic rings. The third-order valence-electron chi connectivity index (χ3n) is 9.63. The van der Waals surface area contributed by atoms with Gasteiger partial charge in [0.1, 0.15) is 11.6 Å². The lowest BCUT2D eigenvalue weighted by Gasteiger charge is -2.44. The van der Waals surface area contributed by atoms with Gasteiger partial charge in [-0.15, -0.1) is 0 Å². The first kappa shape index (κ1) is 24.8. The van der Waals surface area contributed by atoms with E-state index in [2.05, 4.69) is 20.8 Å². The van der Waals surface area contributed by atoms with Crippen molar-refractivity contribution < 1.29 is 23.5 Å². The SMILES string of the molecule is CC[C@@H]1[C@@H]2[C@@H](C)CC(=O)[C@@H]2CC(F)(F)[C@H]1C.CC[C@@H]1[C@@H]2[C@@H](C)CC(=O)[C@@H]2CC(O)[C@H]1C. The molecule has 0 aromatic heterocycles. The summed E-state index contributed by atoms with van der Waals surface area (Å²) in [6.45, 7) is 12.2. The molecular formula is C26H42F2O3. The van der Waals surface area contributed by atoms with Crippen LogP contribution in [0.25, 0.3) is 0 Å². The van der Waals surface area contributed by atoms with Gasteiger partial charge in [0.25, 0.3) is 5.92 Å². The summed E-state index contributed by atoms with van der Waals surface area (Å²) in [6.07, 6.45) is 3.35. The summed E-state index contributed by atoms with van der Waals surface area (Å²) < 4.78 is 27.6. The van der Waals surface area contributed by atoms with E-state index in [0.29, 0.717) is 48.2 Å². The number of rotatable bonds is 2. The molecule has 11 atom stereocenters. The Balaban J connectivity index is 0.000000176. The lowest BCUT2D eigenvalue weighted by atomic mass is 9.63. The molecular weight excluding hydrogens is 398 g/mol. The van der Waals surface area contributed by atoms with Crippen LogP contribution in [0.1, 0.15) is 80.1 Å². The minimum absolute atomic E-state index is 0.00944. The Hall–Kier alpha value is -0.840. The van der Waals surface area contributed by atoms with Crippen molar-refractivity contribution in [3.63, 3.8) is 0 Å². The van der Waals surface area contributed by atoms with Gasteiger partial charge in [-0.25, -0.2) is 8.78 Å². The molecule has 0 aromatic carbocycles. The van der Waals surface area contributed by atoms with Crippen LogP contribution in [0.3, 0.4) is 0 Å². The Morgan fingerprint density at radius 2 is 1.35 bits per heavy atom. The smallest absolute Gasteiger partial charge is 0.251 e. The second-order valence-corrected chi connectivity index (χ2v) is 11.2. The zero-order valence-corrected chi connectivity index (χ0v) is 20.1. The molecule has 0 saturated heterocycles. The van der Waals surface area contributed by atoms with Crippen molar-refractivity contribution in [2.45, 2.75) is 92.1 Å². The summed E-state index contributed by atoms with van der Waals surface area (Å²) in [5, 5.41) is 9.98. The number of halogens is 2. The highest BCUT2D eigenvalue weighted by atomic mass is 19.3. The highest BCUT2D eigenvalue weighted by molar-refractivity contribution is 5.84. The van der Waals surface area contributed by atoms with Gasteiger partial charge in [0.15, 0.2) is 0 Å². The van der Waals surface area contributed by atoms with E-state index in [9.17, 15) is 23.5 Å². The number of aliphatic hydroxyl groups is 1. The lowest BCUT2D eigenvalue weighted by molar-refractivity contribution is -0.151. The fraction of sp³-hybridized carbons (Fsp3) is 0.923. The van der Waals surface area contributed by atoms with Crippen molar-refractivity contribution in [3.05, 3.63) is 0 Å². The molecule has 0 heterocycles. The predicted molar refractivity (Wildman–Crippen MR) is 118 cm³/mol. The fourth-order valence-corrected chi connectivity index (χ4v) is 7.92. The summed E-state index contributed by atoms with van der Waals surface area (Å²) in [5.41, 5.74) is 0. The lowest BCUT2D eigenvalue weighted by Crippen LogP contribution is -2.46. The first-order chi connectivity index (χ1) is 14.4. The number of hydrogen-bond donors (Lipinski definition) is 1. The minimum atomic E-state index is -2.65. The van der Waals surface area contributed by atoms with Crippen LogP contribution in [-0.2, 0) is 9.59 Å². The normalized spacial score (nSPS) is 48.6. The van der Waals surface area contributed by atoms with Gasteiger partial charge in [-0.1, -0.05) is 54.4 Å². The van der Waals surface area contributed by atoms with E-state index in [1.165, 1.54) is 0 Å². The molecule has 0 aliphatic heterocycles. The summed E-state index contributed by atoms with van der Waals surface area (Å²) in [6, 6.07) is 0. The van der Waals surface area contributed by atoms with Crippen LogP contribution in [-0.4, -0.2) is 28.7 Å². The number of fused-ring (bicyclic) bond motifs is 2. The fourth-order valence-electron chi connectivity index (χ4n) is 7.92. The molecule has 178 valence electrons. The van der Waals surface area contributed by atoms with E-state index in [-0.39, 0.29) is 42.0 Å². The molecule has 4 aliphatic carbocycles. The van der Waals surface area contributed by atoms with Crippen LogP contribution in [0.2, 0.25) is 0 Å². The Morgan fingerprint density at radius 1 is 0.871 bits per heavy atom. The highest BCUT2D eigenvalue weighted by Crippen LogP contribution is 2.55. The van der Waals surface area contributed by atoms with Crippen molar-refractivity contribution in [1.29, 1.82) is 0 Å². The van der Waals surface area contributed by atoms with Gasteiger partial charge < -0.3 is 5.11 Å². The summed E-state index contributed by atoms with van der Waals surface area (Å²) in [4.78, 5) is 23.6. The number of carbonyl (C=O) groups excluding carboxylic acids is 2. The van der Waals surface area contributed by atoms with E-state index in [1.807, 2.05) is 13.8 Å². The molecule has 0 spiro atoms. The van der Waals surface area contributed by atoms with Gasteiger partial charge in [-0.3, -0.25) is 9.59 Å². The maximum atomic E-state index is 13.8. The van der Waals surface area contributed by atoms with Crippen molar-refractivity contribution in [2.75, 3.05) is 0 Å². The zero-order chi connectivity index (χ0) is 23.2.